The molecular weight excluding hydrogens is 258 g/mol. The summed E-state index contributed by atoms with van der Waals surface area (Å²) < 4.78 is 4.99. The van der Waals surface area contributed by atoms with Crippen molar-refractivity contribution in [1.82, 2.24) is 15.5 Å². The molecule has 0 radical (unpaired) electrons. The van der Waals surface area contributed by atoms with Crippen molar-refractivity contribution in [2.24, 2.45) is 0 Å². The Bertz CT molecular complexity index is 396. The predicted octanol–water partition coefficient (Wildman–Crippen LogP) is 0.454. The van der Waals surface area contributed by atoms with Gasteiger partial charge in [0.1, 0.15) is 6.04 Å². The Morgan fingerprint density at radius 2 is 2.44 bits per heavy atom. The molecule has 1 rings (SSSR count). The topological polar surface area (TPSA) is 105 Å². The Morgan fingerprint density at radius 1 is 1.67 bits per heavy atom. The highest BCUT2D eigenvalue weighted by Crippen LogP contribution is 2.12. The monoisotopic (exact) mass is 273 g/mol. The lowest BCUT2D eigenvalue weighted by atomic mass is 10.2. The van der Waals surface area contributed by atoms with Crippen LogP contribution in [0.2, 0.25) is 0 Å². The van der Waals surface area contributed by atoms with Crippen molar-refractivity contribution in [2.45, 2.75) is 31.6 Å². The summed E-state index contributed by atoms with van der Waals surface area (Å²) in [7, 11) is 0. The summed E-state index contributed by atoms with van der Waals surface area (Å²) in [6, 6.07) is -0.844. The molecule has 18 heavy (non-hydrogen) atoms. The van der Waals surface area contributed by atoms with Crippen LogP contribution in [-0.2, 0) is 21.8 Å². The van der Waals surface area contributed by atoms with Crippen molar-refractivity contribution < 1.29 is 19.2 Å². The van der Waals surface area contributed by atoms with E-state index in [1.54, 1.807) is 0 Å². The zero-order valence-electron chi connectivity index (χ0n) is 9.96. The van der Waals surface area contributed by atoms with Gasteiger partial charge in [-0.05, 0) is 12.2 Å². The molecule has 0 aromatic carbocycles. The van der Waals surface area contributed by atoms with Gasteiger partial charge < -0.3 is 14.9 Å². The van der Waals surface area contributed by atoms with Gasteiger partial charge in [-0.25, -0.2) is 4.79 Å². The molecule has 8 heteroatoms. The third-order valence-electron chi connectivity index (χ3n) is 2.17. The smallest absolute Gasteiger partial charge is 0.326 e. The molecule has 1 amide bonds. The lowest BCUT2D eigenvalue weighted by molar-refractivity contribution is -0.140. The molecule has 7 nitrogen and oxygen atoms in total. The highest BCUT2D eigenvalue weighted by atomic mass is 32.2. The molecule has 0 spiro atoms. The predicted molar refractivity (Wildman–Crippen MR) is 65.1 cm³/mol. The normalized spacial score (nSPS) is 12.1. The van der Waals surface area contributed by atoms with Gasteiger partial charge in [0.2, 0.25) is 12.3 Å². The molecule has 2 N–H and O–H groups in total. The van der Waals surface area contributed by atoms with Gasteiger partial charge in [0, 0.05) is 6.42 Å². The Morgan fingerprint density at radius 3 is 3.00 bits per heavy atom. The lowest BCUT2D eigenvalue weighted by Gasteiger charge is -2.09. The molecule has 0 aliphatic rings. The summed E-state index contributed by atoms with van der Waals surface area (Å²) in [5, 5.41) is 14.8. The van der Waals surface area contributed by atoms with Crippen LogP contribution < -0.4 is 5.32 Å². The maximum Gasteiger partial charge on any atom is 0.326 e. The van der Waals surface area contributed by atoms with E-state index in [0.29, 0.717) is 36.1 Å². The molecule has 100 valence electrons. The summed E-state index contributed by atoms with van der Waals surface area (Å²) in [5.74, 6) is 1.29. The first kappa shape index (κ1) is 14.5. The van der Waals surface area contributed by atoms with Crippen molar-refractivity contribution in [3.8, 4) is 0 Å². The summed E-state index contributed by atoms with van der Waals surface area (Å²) in [6.45, 7) is 1.93. The van der Waals surface area contributed by atoms with E-state index in [2.05, 4.69) is 15.5 Å². The quantitative estimate of drug-likeness (QED) is 0.497. The number of aryl methyl sites for hydroxylation is 1. The van der Waals surface area contributed by atoms with E-state index >= 15 is 0 Å². The van der Waals surface area contributed by atoms with Crippen LogP contribution in [-0.4, -0.2) is 39.4 Å². The van der Waals surface area contributed by atoms with Crippen LogP contribution in [0.25, 0.3) is 0 Å². The number of thioether (sulfide) groups is 1. The van der Waals surface area contributed by atoms with Crippen LogP contribution >= 0.6 is 11.8 Å². The van der Waals surface area contributed by atoms with Crippen LogP contribution in [0.3, 0.4) is 0 Å². The minimum absolute atomic E-state index is 0.355. The average molecular weight is 273 g/mol. The SMILES string of the molecule is CCc1noc(CSCCC(NC=O)C(=O)O)n1. The number of hydrogen-bond donors (Lipinski definition) is 2. The number of aromatic nitrogens is 2. The van der Waals surface area contributed by atoms with Crippen LogP contribution in [0.4, 0.5) is 0 Å². The number of carboxylic acid groups (broad SMARTS) is 1. The van der Waals surface area contributed by atoms with Gasteiger partial charge in [0.25, 0.3) is 0 Å². The molecule has 1 unspecified atom stereocenters. The zero-order valence-corrected chi connectivity index (χ0v) is 10.8. The summed E-state index contributed by atoms with van der Waals surface area (Å²) >= 11 is 1.49. The van der Waals surface area contributed by atoms with Gasteiger partial charge in [-0.2, -0.15) is 16.7 Å². The van der Waals surface area contributed by atoms with Crippen LogP contribution in [0.15, 0.2) is 4.52 Å². The molecule has 0 saturated carbocycles. The summed E-state index contributed by atoms with van der Waals surface area (Å²) in [6.07, 6.45) is 1.47. The number of nitrogens with one attached hydrogen (secondary N) is 1. The summed E-state index contributed by atoms with van der Waals surface area (Å²) in [4.78, 5) is 25.0. The van der Waals surface area contributed by atoms with Gasteiger partial charge in [-0.3, -0.25) is 4.79 Å². The third-order valence-corrected chi connectivity index (χ3v) is 3.15. The van der Waals surface area contributed by atoms with Gasteiger partial charge in [0.05, 0.1) is 5.75 Å². The Labute approximate surface area is 108 Å². The van der Waals surface area contributed by atoms with E-state index in [4.69, 9.17) is 9.63 Å². The van der Waals surface area contributed by atoms with E-state index in [1.165, 1.54) is 11.8 Å². The highest BCUT2D eigenvalue weighted by Gasteiger charge is 2.15. The number of carbonyl (C=O) groups excluding carboxylic acids is 1. The van der Waals surface area contributed by atoms with Crippen LogP contribution in [0.1, 0.15) is 25.1 Å². The Hall–Kier alpha value is -1.57. The largest absolute Gasteiger partial charge is 0.480 e. The first-order valence-electron chi connectivity index (χ1n) is 5.49. The average Bonchev–Trinajstić information content (AvgIpc) is 2.80. The molecule has 0 aliphatic carbocycles. The standard InChI is InChI=1S/C10H15N3O4S/c1-2-8-12-9(17-13-8)5-18-4-3-7(10(15)16)11-6-14/h6-7H,2-5H2,1H3,(H,11,14)(H,15,16). The third kappa shape index (κ3) is 4.74. The number of amides is 1. The van der Waals surface area contributed by atoms with E-state index in [-0.39, 0.29) is 0 Å². The Kier molecular flexibility index (Phi) is 6.20. The van der Waals surface area contributed by atoms with Crippen molar-refractivity contribution in [3.63, 3.8) is 0 Å². The van der Waals surface area contributed by atoms with E-state index < -0.39 is 12.0 Å². The molecule has 1 aromatic rings. The Balaban J connectivity index is 2.24. The van der Waals surface area contributed by atoms with Gasteiger partial charge in [0.15, 0.2) is 5.82 Å². The van der Waals surface area contributed by atoms with Crippen LogP contribution in [0, 0.1) is 0 Å². The molecular formula is C10H15N3O4S. The molecule has 0 fully saturated rings. The number of rotatable bonds is 9. The molecule has 0 saturated heterocycles. The first-order valence-corrected chi connectivity index (χ1v) is 6.64. The first-order chi connectivity index (χ1) is 8.67. The minimum Gasteiger partial charge on any atom is -0.480 e. The van der Waals surface area contributed by atoms with Gasteiger partial charge >= 0.3 is 5.97 Å². The molecule has 1 atom stereocenters. The number of carboxylic acids is 1. The second-order valence-corrected chi connectivity index (χ2v) is 4.58. The second kappa shape index (κ2) is 7.70. The number of aliphatic carboxylic acids is 1. The maximum atomic E-state index is 10.7. The fourth-order valence-corrected chi connectivity index (χ4v) is 2.05. The van der Waals surface area contributed by atoms with Crippen molar-refractivity contribution in [3.05, 3.63) is 11.7 Å². The fourth-order valence-electron chi connectivity index (χ4n) is 1.21. The van der Waals surface area contributed by atoms with E-state index in [9.17, 15) is 9.59 Å². The lowest BCUT2D eigenvalue weighted by Crippen LogP contribution is -2.36. The van der Waals surface area contributed by atoms with Gasteiger partial charge in [-0.15, -0.1) is 0 Å². The molecule has 1 aromatic heterocycles. The highest BCUT2D eigenvalue weighted by molar-refractivity contribution is 7.98. The van der Waals surface area contributed by atoms with E-state index in [0.717, 1.165) is 6.42 Å². The minimum atomic E-state index is -1.03. The van der Waals surface area contributed by atoms with E-state index in [1.807, 2.05) is 6.92 Å². The van der Waals surface area contributed by atoms with Gasteiger partial charge in [-0.1, -0.05) is 12.1 Å². The number of carbonyl (C=O) groups is 2. The molecule has 1 heterocycles. The van der Waals surface area contributed by atoms with Crippen molar-refractivity contribution >= 4 is 24.1 Å². The number of nitrogens with zero attached hydrogens (tertiary/aromatic N) is 2. The van der Waals surface area contributed by atoms with Crippen molar-refractivity contribution in [1.29, 1.82) is 0 Å². The second-order valence-electron chi connectivity index (χ2n) is 3.47. The summed E-state index contributed by atoms with van der Waals surface area (Å²) in [5.41, 5.74) is 0. The van der Waals surface area contributed by atoms with Crippen molar-refractivity contribution in [2.75, 3.05) is 5.75 Å². The maximum absolute atomic E-state index is 10.7. The zero-order chi connectivity index (χ0) is 13.4. The number of hydrogen-bond acceptors (Lipinski definition) is 6. The molecule has 0 aliphatic heterocycles. The van der Waals surface area contributed by atoms with Crippen LogP contribution in [0.5, 0.6) is 0 Å². The fraction of sp³-hybridized carbons (Fsp3) is 0.600. The molecule has 0 bridgehead atoms.